The molecule has 0 fully saturated rings. The van der Waals surface area contributed by atoms with E-state index in [1.54, 1.807) is 37.3 Å². The van der Waals surface area contributed by atoms with Gasteiger partial charge in [0.05, 0.1) is 17.5 Å². The van der Waals surface area contributed by atoms with Gasteiger partial charge in [-0.15, -0.1) is 0 Å². The number of anilines is 1. The van der Waals surface area contributed by atoms with Gasteiger partial charge in [0.15, 0.2) is 0 Å². The van der Waals surface area contributed by atoms with Crippen LogP contribution in [0.25, 0.3) is 22.6 Å². The third-order valence-corrected chi connectivity index (χ3v) is 3.92. The number of hydrogen-bond donors (Lipinski definition) is 2. The molecule has 0 aliphatic carbocycles. The summed E-state index contributed by atoms with van der Waals surface area (Å²) >= 11 is 0. The molecular weight excluding hydrogens is 349 g/mol. The number of halogens is 1. The van der Waals surface area contributed by atoms with Crippen LogP contribution in [0, 0.1) is 12.7 Å². The lowest BCUT2D eigenvalue weighted by Crippen LogP contribution is -2.12. The van der Waals surface area contributed by atoms with Crippen molar-refractivity contribution >= 4 is 11.6 Å². The van der Waals surface area contributed by atoms with Gasteiger partial charge >= 0.3 is 0 Å². The number of rotatable bonds is 4. The minimum Gasteiger partial charge on any atom is -0.339 e. The van der Waals surface area contributed by atoms with Crippen molar-refractivity contribution in [1.29, 1.82) is 0 Å². The minimum atomic E-state index is -0.349. The van der Waals surface area contributed by atoms with Gasteiger partial charge in [0.25, 0.3) is 5.91 Å². The fourth-order valence-corrected chi connectivity index (χ4v) is 2.65. The van der Waals surface area contributed by atoms with Crippen LogP contribution in [0.3, 0.4) is 0 Å². The van der Waals surface area contributed by atoms with E-state index in [0.717, 1.165) is 5.56 Å². The molecule has 0 spiro atoms. The molecular formula is C19H14FN5O2. The maximum Gasteiger partial charge on any atom is 0.259 e. The van der Waals surface area contributed by atoms with Gasteiger partial charge in [-0.05, 0) is 36.4 Å². The van der Waals surface area contributed by atoms with Gasteiger partial charge in [-0.25, -0.2) is 4.39 Å². The first-order valence-corrected chi connectivity index (χ1v) is 8.11. The fraction of sp³-hybridized carbons (Fsp3) is 0.0526. The van der Waals surface area contributed by atoms with E-state index in [9.17, 15) is 9.18 Å². The Bertz CT molecular complexity index is 1100. The normalized spacial score (nSPS) is 10.7. The molecule has 0 atom stereocenters. The lowest BCUT2D eigenvalue weighted by atomic mass is 10.1. The summed E-state index contributed by atoms with van der Waals surface area (Å²) in [7, 11) is 0. The van der Waals surface area contributed by atoms with Crippen LogP contribution < -0.4 is 5.32 Å². The van der Waals surface area contributed by atoms with Gasteiger partial charge in [-0.1, -0.05) is 17.3 Å². The van der Waals surface area contributed by atoms with E-state index in [1.165, 1.54) is 18.3 Å². The summed E-state index contributed by atoms with van der Waals surface area (Å²) < 4.78 is 18.1. The van der Waals surface area contributed by atoms with Gasteiger partial charge < -0.3 is 9.84 Å². The van der Waals surface area contributed by atoms with Crippen molar-refractivity contribution in [3.8, 4) is 22.6 Å². The highest BCUT2D eigenvalue weighted by atomic mass is 19.1. The number of carbonyl (C=O) groups excluding carboxylic acids is 1. The van der Waals surface area contributed by atoms with Crippen molar-refractivity contribution in [2.75, 3.05) is 5.32 Å². The highest BCUT2D eigenvalue weighted by Gasteiger charge is 2.16. The second-order valence-corrected chi connectivity index (χ2v) is 5.84. The predicted octanol–water partition coefficient (Wildman–Crippen LogP) is 3.83. The third kappa shape index (κ3) is 3.45. The average molecular weight is 363 g/mol. The lowest BCUT2D eigenvalue weighted by Gasteiger charge is -2.07. The number of nitrogens with zero attached hydrogens (tertiary/aromatic N) is 3. The lowest BCUT2D eigenvalue weighted by molar-refractivity contribution is 0.102. The summed E-state index contributed by atoms with van der Waals surface area (Å²) in [6.07, 6.45) is 1.43. The van der Waals surface area contributed by atoms with E-state index in [-0.39, 0.29) is 11.7 Å². The molecule has 2 aromatic heterocycles. The van der Waals surface area contributed by atoms with E-state index in [1.807, 2.05) is 6.07 Å². The third-order valence-electron chi connectivity index (χ3n) is 3.92. The van der Waals surface area contributed by atoms with Gasteiger partial charge in [0.1, 0.15) is 5.82 Å². The molecule has 134 valence electrons. The number of aryl methyl sites for hydroxylation is 1. The Morgan fingerprint density at radius 2 is 1.96 bits per heavy atom. The molecule has 1 amide bonds. The number of carbonyl (C=O) groups is 1. The number of amides is 1. The van der Waals surface area contributed by atoms with Crippen molar-refractivity contribution in [3.05, 3.63) is 72.0 Å². The number of nitrogens with one attached hydrogen (secondary N) is 2. The van der Waals surface area contributed by atoms with Crippen LogP contribution in [0.2, 0.25) is 0 Å². The molecule has 8 heteroatoms. The number of aromatic nitrogens is 4. The van der Waals surface area contributed by atoms with Crippen molar-refractivity contribution in [2.45, 2.75) is 6.92 Å². The van der Waals surface area contributed by atoms with Gasteiger partial charge in [-0.2, -0.15) is 10.1 Å². The zero-order chi connectivity index (χ0) is 18.8. The van der Waals surface area contributed by atoms with Gasteiger partial charge in [0.2, 0.25) is 11.7 Å². The average Bonchev–Trinajstić information content (AvgIpc) is 3.32. The summed E-state index contributed by atoms with van der Waals surface area (Å²) in [5, 5.41) is 13.4. The Hall–Kier alpha value is -3.81. The second-order valence-electron chi connectivity index (χ2n) is 5.84. The van der Waals surface area contributed by atoms with E-state index in [0.29, 0.717) is 34.2 Å². The van der Waals surface area contributed by atoms with Crippen molar-refractivity contribution < 1.29 is 13.7 Å². The summed E-state index contributed by atoms with van der Waals surface area (Å²) in [4.78, 5) is 16.9. The Labute approximate surface area is 153 Å². The molecule has 2 aromatic carbocycles. The first-order chi connectivity index (χ1) is 13.1. The molecule has 0 unspecified atom stereocenters. The van der Waals surface area contributed by atoms with Crippen LogP contribution in [-0.4, -0.2) is 26.2 Å². The molecule has 0 aliphatic rings. The molecule has 7 nitrogen and oxygen atoms in total. The Morgan fingerprint density at radius 3 is 2.70 bits per heavy atom. The summed E-state index contributed by atoms with van der Waals surface area (Å²) in [5.74, 6) is 0.211. The van der Waals surface area contributed by atoms with Crippen LogP contribution in [0.5, 0.6) is 0 Å². The fourth-order valence-electron chi connectivity index (χ4n) is 2.65. The number of benzene rings is 2. The Balaban J connectivity index is 1.59. The monoisotopic (exact) mass is 363 g/mol. The van der Waals surface area contributed by atoms with E-state index < -0.39 is 0 Å². The molecule has 0 bridgehead atoms. The van der Waals surface area contributed by atoms with E-state index in [2.05, 4.69) is 25.7 Å². The molecule has 2 N–H and O–H groups in total. The van der Waals surface area contributed by atoms with E-state index in [4.69, 9.17) is 4.52 Å². The summed E-state index contributed by atoms with van der Waals surface area (Å²) in [5.41, 5.74) is 2.82. The van der Waals surface area contributed by atoms with Crippen molar-refractivity contribution in [3.63, 3.8) is 0 Å². The highest BCUT2D eigenvalue weighted by molar-refractivity contribution is 6.08. The molecule has 2 heterocycles. The highest BCUT2D eigenvalue weighted by Crippen LogP contribution is 2.24. The Morgan fingerprint density at radius 1 is 1.15 bits per heavy atom. The van der Waals surface area contributed by atoms with Gasteiger partial charge in [-0.3, -0.25) is 9.89 Å². The minimum absolute atomic E-state index is 0.343. The molecule has 0 saturated heterocycles. The van der Waals surface area contributed by atoms with Crippen LogP contribution in [0.4, 0.5) is 10.1 Å². The maximum atomic E-state index is 13.1. The number of aromatic amines is 1. The van der Waals surface area contributed by atoms with Crippen molar-refractivity contribution in [2.24, 2.45) is 0 Å². The van der Waals surface area contributed by atoms with Crippen LogP contribution >= 0.6 is 0 Å². The van der Waals surface area contributed by atoms with Crippen LogP contribution in [-0.2, 0) is 0 Å². The quantitative estimate of drug-likeness (QED) is 0.574. The number of hydrogen-bond acceptors (Lipinski definition) is 5. The van der Waals surface area contributed by atoms with Crippen LogP contribution in [0.1, 0.15) is 16.2 Å². The zero-order valence-electron chi connectivity index (χ0n) is 14.2. The molecule has 0 aliphatic heterocycles. The summed E-state index contributed by atoms with van der Waals surface area (Å²) in [6.45, 7) is 1.71. The SMILES string of the molecule is Cc1nc(-c2cccc(NC(=O)c3cn[nH]c3-c3ccc(F)cc3)c2)no1. The maximum absolute atomic E-state index is 13.1. The topological polar surface area (TPSA) is 96.7 Å². The summed E-state index contributed by atoms with van der Waals surface area (Å²) in [6, 6.07) is 12.9. The largest absolute Gasteiger partial charge is 0.339 e. The Kier molecular flexibility index (Phi) is 4.21. The number of H-pyrrole nitrogens is 1. The molecule has 27 heavy (non-hydrogen) atoms. The molecule has 0 saturated carbocycles. The second kappa shape index (κ2) is 6.83. The molecule has 4 rings (SSSR count). The first-order valence-electron chi connectivity index (χ1n) is 8.11. The smallest absolute Gasteiger partial charge is 0.259 e. The molecule has 0 radical (unpaired) electrons. The van der Waals surface area contributed by atoms with Crippen LogP contribution in [0.15, 0.2) is 59.3 Å². The first kappa shape index (κ1) is 16.6. The molecule has 4 aromatic rings. The zero-order valence-corrected chi connectivity index (χ0v) is 14.2. The van der Waals surface area contributed by atoms with E-state index >= 15 is 0 Å². The van der Waals surface area contributed by atoms with Crippen molar-refractivity contribution in [1.82, 2.24) is 20.3 Å². The standard InChI is InChI=1S/C19H14FN5O2/c1-11-22-18(25-27-11)13-3-2-4-15(9-13)23-19(26)16-10-21-24-17(16)12-5-7-14(20)8-6-12/h2-10H,1H3,(H,21,24)(H,23,26). The predicted molar refractivity (Wildman–Crippen MR) is 96.4 cm³/mol. The van der Waals surface area contributed by atoms with Gasteiger partial charge in [0, 0.05) is 23.7 Å².